The fourth-order valence-corrected chi connectivity index (χ4v) is 2.91. The highest BCUT2D eigenvalue weighted by atomic mass is 16.7. The van der Waals surface area contributed by atoms with E-state index in [1.807, 2.05) is 36.4 Å². The van der Waals surface area contributed by atoms with E-state index in [1.54, 1.807) is 0 Å². The smallest absolute Gasteiger partial charge is 0.213 e. The zero-order valence-electron chi connectivity index (χ0n) is 14.4. The van der Waals surface area contributed by atoms with E-state index in [1.165, 1.54) is 0 Å². The molecule has 1 aliphatic heterocycles. The third-order valence-electron chi connectivity index (χ3n) is 4.12. The van der Waals surface area contributed by atoms with Crippen LogP contribution in [-0.4, -0.2) is 44.9 Å². The van der Waals surface area contributed by atoms with Gasteiger partial charge in [0.2, 0.25) is 6.29 Å². The first-order chi connectivity index (χ1) is 11.7. The van der Waals surface area contributed by atoms with Crippen LogP contribution in [0.5, 0.6) is 5.75 Å². The molecule has 24 heavy (non-hydrogen) atoms. The van der Waals surface area contributed by atoms with Crippen molar-refractivity contribution >= 4 is 0 Å². The molecule has 0 fully saturated rings. The Labute approximate surface area is 144 Å². The van der Waals surface area contributed by atoms with Crippen LogP contribution in [0, 0.1) is 0 Å². The van der Waals surface area contributed by atoms with Crippen LogP contribution in [0.2, 0.25) is 0 Å². The van der Waals surface area contributed by atoms with Crippen molar-refractivity contribution < 1.29 is 9.47 Å². The number of benzene rings is 2. The van der Waals surface area contributed by atoms with Crippen LogP contribution < -0.4 is 10.1 Å². The van der Waals surface area contributed by atoms with Gasteiger partial charge in [-0.2, -0.15) is 0 Å². The van der Waals surface area contributed by atoms with Crippen LogP contribution in [-0.2, 0) is 4.74 Å². The summed E-state index contributed by atoms with van der Waals surface area (Å²) in [6.07, 6.45) is 0.757. The van der Waals surface area contributed by atoms with Gasteiger partial charge in [-0.25, -0.2) is 0 Å². The predicted molar refractivity (Wildman–Crippen MR) is 96.3 cm³/mol. The minimum Gasteiger partial charge on any atom is -0.463 e. The second-order valence-electron chi connectivity index (χ2n) is 6.37. The molecule has 128 valence electrons. The van der Waals surface area contributed by atoms with Crippen molar-refractivity contribution in [2.24, 2.45) is 0 Å². The number of hydrogen-bond acceptors (Lipinski definition) is 4. The van der Waals surface area contributed by atoms with E-state index in [4.69, 9.17) is 9.47 Å². The van der Waals surface area contributed by atoms with Gasteiger partial charge in [0, 0.05) is 5.56 Å². The quantitative estimate of drug-likeness (QED) is 0.793. The lowest BCUT2D eigenvalue weighted by Gasteiger charge is -2.33. The molecule has 0 radical (unpaired) electrons. The van der Waals surface area contributed by atoms with Crippen molar-refractivity contribution in [1.82, 2.24) is 10.2 Å². The Kier molecular flexibility index (Phi) is 5.86. The molecule has 0 amide bonds. The van der Waals surface area contributed by atoms with E-state index in [0.29, 0.717) is 6.54 Å². The Morgan fingerprint density at radius 1 is 1.00 bits per heavy atom. The molecule has 0 spiro atoms. The summed E-state index contributed by atoms with van der Waals surface area (Å²) in [4.78, 5) is 2.19. The van der Waals surface area contributed by atoms with Crippen LogP contribution in [0.15, 0.2) is 54.6 Å². The van der Waals surface area contributed by atoms with Crippen LogP contribution in [0.25, 0.3) is 0 Å². The molecular formula is C20H26N2O2. The van der Waals surface area contributed by atoms with Gasteiger partial charge in [-0.05, 0) is 45.2 Å². The lowest BCUT2D eigenvalue weighted by Crippen LogP contribution is -2.38. The average Bonchev–Trinajstić information content (AvgIpc) is 2.61. The molecule has 4 nitrogen and oxygen atoms in total. The van der Waals surface area contributed by atoms with Crippen molar-refractivity contribution in [3.05, 3.63) is 65.7 Å². The van der Waals surface area contributed by atoms with Crippen molar-refractivity contribution in [2.45, 2.75) is 18.8 Å². The van der Waals surface area contributed by atoms with Gasteiger partial charge < -0.3 is 19.7 Å². The molecule has 1 N–H and O–H groups in total. The molecule has 2 aromatic carbocycles. The first-order valence-electron chi connectivity index (χ1n) is 8.55. The molecule has 0 aromatic heterocycles. The maximum Gasteiger partial charge on any atom is 0.213 e. The average molecular weight is 326 g/mol. The lowest BCUT2D eigenvalue weighted by atomic mass is 9.99. The molecule has 2 atom stereocenters. The summed E-state index contributed by atoms with van der Waals surface area (Å²) in [6, 6.07) is 18.5. The van der Waals surface area contributed by atoms with Gasteiger partial charge in [-0.3, -0.25) is 0 Å². The first-order valence-corrected chi connectivity index (χ1v) is 8.55. The summed E-state index contributed by atoms with van der Waals surface area (Å²) in [5, 5.41) is 3.44. The number of ether oxygens (including phenoxy) is 2. The Balaban J connectivity index is 1.65. The van der Waals surface area contributed by atoms with E-state index in [0.717, 1.165) is 36.4 Å². The topological polar surface area (TPSA) is 33.7 Å². The zero-order valence-corrected chi connectivity index (χ0v) is 14.4. The van der Waals surface area contributed by atoms with E-state index in [2.05, 4.69) is 42.5 Å². The summed E-state index contributed by atoms with van der Waals surface area (Å²) in [7, 11) is 4.18. The summed E-state index contributed by atoms with van der Waals surface area (Å²) in [5.74, 6) is 0.915. The maximum atomic E-state index is 6.23. The molecule has 0 aliphatic carbocycles. The minimum absolute atomic E-state index is 0.0790. The number of rotatable bonds is 7. The molecular weight excluding hydrogens is 300 g/mol. The molecule has 1 heterocycles. The Morgan fingerprint density at radius 2 is 1.75 bits per heavy atom. The molecule has 0 saturated heterocycles. The van der Waals surface area contributed by atoms with Crippen LogP contribution >= 0.6 is 0 Å². The van der Waals surface area contributed by atoms with Crippen LogP contribution in [0.1, 0.15) is 23.7 Å². The molecule has 2 aromatic rings. The van der Waals surface area contributed by atoms with Gasteiger partial charge >= 0.3 is 0 Å². The third-order valence-corrected chi connectivity index (χ3v) is 4.12. The third kappa shape index (κ3) is 4.35. The highest BCUT2D eigenvalue weighted by molar-refractivity contribution is 5.41. The highest BCUT2D eigenvalue weighted by Gasteiger charge is 2.29. The van der Waals surface area contributed by atoms with E-state index < -0.39 is 0 Å². The largest absolute Gasteiger partial charge is 0.463 e. The van der Waals surface area contributed by atoms with E-state index in [9.17, 15) is 0 Å². The molecule has 0 bridgehead atoms. The van der Waals surface area contributed by atoms with Gasteiger partial charge in [-0.1, -0.05) is 48.5 Å². The fraction of sp³-hybridized carbons (Fsp3) is 0.400. The van der Waals surface area contributed by atoms with Gasteiger partial charge in [0.15, 0.2) is 0 Å². The lowest BCUT2D eigenvalue weighted by molar-refractivity contribution is -0.124. The minimum atomic E-state index is -0.274. The predicted octanol–water partition coefficient (Wildman–Crippen LogP) is 3.05. The standard InChI is InChI=1S/C20H26N2O2/c1-22(2)14-8-13-21-15-19-23-18-12-7-6-11-17(18)20(24-19)16-9-4-3-5-10-16/h3-7,9-12,19-21H,8,13-15H2,1-2H3/t19-,20+/m0/s1. The normalized spacial score (nSPS) is 19.8. The monoisotopic (exact) mass is 326 g/mol. The fourth-order valence-electron chi connectivity index (χ4n) is 2.91. The molecule has 4 heteroatoms. The van der Waals surface area contributed by atoms with Gasteiger partial charge in [0.25, 0.3) is 0 Å². The molecule has 0 saturated carbocycles. The summed E-state index contributed by atoms with van der Waals surface area (Å²) < 4.78 is 12.2. The van der Waals surface area contributed by atoms with Crippen molar-refractivity contribution in [3.63, 3.8) is 0 Å². The van der Waals surface area contributed by atoms with E-state index >= 15 is 0 Å². The van der Waals surface area contributed by atoms with Crippen molar-refractivity contribution in [3.8, 4) is 5.75 Å². The maximum absolute atomic E-state index is 6.23. The summed E-state index contributed by atoms with van der Waals surface area (Å²) >= 11 is 0. The van der Waals surface area contributed by atoms with E-state index in [-0.39, 0.29) is 12.4 Å². The summed E-state index contributed by atoms with van der Waals surface area (Å²) in [5.41, 5.74) is 2.25. The Bertz CT molecular complexity index is 631. The number of hydrogen-bond donors (Lipinski definition) is 1. The van der Waals surface area contributed by atoms with Gasteiger partial charge in [-0.15, -0.1) is 0 Å². The molecule has 3 rings (SSSR count). The second-order valence-corrected chi connectivity index (χ2v) is 6.37. The SMILES string of the molecule is CN(C)CCCNC[C@H]1Oc2ccccc2[C@@H](c2ccccc2)O1. The molecule has 0 unspecified atom stereocenters. The van der Waals surface area contributed by atoms with Gasteiger partial charge in [0.1, 0.15) is 11.9 Å². The Hall–Kier alpha value is -1.88. The number of nitrogens with one attached hydrogen (secondary N) is 1. The number of para-hydroxylation sites is 1. The number of fused-ring (bicyclic) bond motifs is 1. The number of nitrogens with zero attached hydrogens (tertiary/aromatic N) is 1. The first kappa shape index (κ1) is 17.0. The zero-order chi connectivity index (χ0) is 16.8. The summed E-state index contributed by atoms with van der Waals surface area (Å²) in [6.45, 7) is 2.72. The van der Waals surface area contributed by atoms with Crippen molar-refractivity contribution in [1.29, 1.82) is 0 Å². The second kappa shape index (κ2) is 8.29. The van der Waals surface area contributed by atoms with Crippen LogP contribution in [0.3, 0.4) is 0 Å². The molecule has 1 aliphatic rings. The van der Waals surface area contributed by atoms with Crippen LogP contribution in [0.4, 0.5) is 0 Å². The highest BCUT2D eigenvalue weighted by Crippen LogP contribution is 2.38. The van der Waals surface area contributed by atoms with Crippen molar-refractivity contribution in [2.75, 3.05) is 33.7 Å². The Morgan fingerprint density at radius 3 is 2.54 bits per heavy atom. The van der Waals surface area contributed by atoms with Gasteiger partial charge in [0.05, 0.1) is 6.54 Å².